The molecule has 3 rings (SSSR count). The largest absolute Gasteiger partial charge is 0.467 e. The monoisotopic (exact) mass is 437 g/mol. The van der Waals surface area contributed by atoms with E-state index < -0.39 is 36.0 Å². The molecule has 31 heavy (non-hydrogen) atoms. The second kappa shape index (κ2) is 9.23. The van der Waals surface area contributed by atoms with Crippen LogP contribution < -0.4 is 5.32 Å². The van der Waals surface area contributed by atoms with Crippen LogP contribution in [0.1, 0.15) is 24.7 Å². The first-order chi connectivity index (χ1) is 14.7. The summed E-state index contributed by atoms with van der Waals surface area (Å²) in [6, 6.07) is 8.06. The zero-order chi connectivity index (χ0) is 22.6. The van der Waals surface area contributed by atoms with Gasteiger partial charge in [0.15, 0.2) is 0 Å². The minimum absolute atomic E-state index is 0.00850. The summed E-state index contributed by atoms with van der Waals surface area (Å²) in [6.45, 7) is 1.86. The molecule has 1 fully saturated rings. The zero-order valence-corrected chi connectivity index (χ0v) is 16.8. The number of hydrogen-bond donors (Lipinski definition) is 1. The molecule has 0 bridgehead atoms. The molecule has 10 heteroatoms. The number of likely N-dealkylation sites (N-methyl/N-ethyl adjacent to an activating group) is 1. The summed E-state index contributed by atoms with van der Waals surface area (Å²) in [4.78, 5) is 40.2. The SMILES string of the molecule is CCN(CC(=O)Nc1ccccc1C(F)(F)F)C(=O)C1CC(=O)N(Cc2ccco2)C1. The third kappa shape index (κ3) is 5.44. The zero-order valence-electron chi connectivity index (χ0n) is 16.8. The van der Waals surface area contributed by atoms with Gasteiger partial charge in [-0.3, -0.25) is 14.4 Å². The van der Waals surface area contributed by atoms with Crippen molar-refractivity contribution in [3.63, 3.8) is 0 Å². The number of amides is 3. The number of halogens is 3. The van der Waals surface area contributed by atoms with Crippen molar-refractivity contribution in [2.75, 3.05) is 25.0 Å². The second-order valence-electron chi connectivity index (χ2n) is 7.20. The van der Waals surface area contributed by atoms with E-state index in [2.05, 4.69) is 5.32 Å². The molecule has 2 heterocycles. The number of hydrogen-bond acceptors (Lipinski definition) is 4. The molecule has 1 N–H and O–H groups in total. The lowest BCUT2D eigenvalue weighted by molar-refractivity contribution is -0.138. The Balaban J connectivity index is 1.61. The molecular formula is C21H22F3N3O4. The van der Waals surface area contributed by atoms with Crippen LogP contribution in [0.25, 0.3) is 0 Å². The summed E-state index contributed by atoms with van der Waals surface area (Å²) >= 11 is 0. The molecule has 0 radical (unpaired) electrons. The number of carbonyl (C=O) groups excluding carboxylic acids is 3. The number of rotatable bonds is 7. The molecule has 0 saturated carbocycles. The number of nitrogens with one attached hydrogen (secondary N) is 1. The number of nitrogens with zero attached hydrogens (tertiary/aromatic N) is 2. The van der Waals surface area contributed by atoms with Crippen molar-refractivity contribution >= 4 is 23.4 Å². The van der Waals surface area contributed by atoms with E-state index in [4.69, 9.17) is 4.42 Å². The number of anilines is 1. The normalized spacial score (nSPS) is 16.5. The van der Waals surface area contributed by atoms with Gasteiger partial charge in [0.1, 0.15) is 5.76 Å². The van der Waals surface area contributed by atoms with Gasteiger partial charge in [0.2, 0.25) is 17.7 Å². The molecule has 3 amide bonds. The Morgan fingerprint density at radius 2 is 1.97 bits per heavy atom. The van der Waals surface area contributed by atoms with Gasteiger partial charge in [-0.2, -0.15) is 13.2 Å². The molecule has 1 aromatic heterocycles. The van der Waals surface area contributed by atoms with Crippen molar-refractivity contribution < 1.29 is 32.0 Å². The molecule has 1 aliphatic heterocycles. The van der Waals surface area contributed by atoms with Crippen molar-refractivity contribution in [3.8, 4) is 0 Å². The predicted octanol–water partition coefficient (Wildman–Crippen LogP) is 3.13. The Morgan fingerprint density at radius 3 is 2.61 bits per heavy atom. The topological polar surface area (TPSA) is 82.9 Å². The van der Waals surface area contributed by atoms with Gasteiger partial charge in [-0.1, -0.05) is 12.1 Å². The Labute approximate surface area is 176 Å². The average molecular weight is 437 g/mol. The molecule has 1 unspecified atom stereocenters. The molecule has 1 atom stereocenters. The first-order valence-electron chi connectivity index (χ1n) is 9.74. The Morgan fingerprint density at radius 1 is 1.23 bits per heavy atom. The molecule has 0 spiro atoms. The van der Waals surface area contributed by atoms with Crippen LogP contribution in [0.3, 0.4) is 0 Å². The highest BCUT2D eigenvalue weighted by Gasteiger charge is 2.37. The van der Waals surface area contributed by atoms with Gasteiger partial charge >= 0.3 is 6.18 Å². The van der Waals surface area contributed by atoms with Crippen LogP contribution in [0.4, 0.5) is 18.9 Å². The summed E-state index contributed by atoms with van der Waals surface area (Å²) in [5, 5.41) is 2.23. The maximum Gasteiger partial charge on any atom is 0.418 e. The summed E-state index contributed by atoms with van der Waals surface area (Å²) in [5.74, 6) is -1.37. The molecule has 2 aromatic rings. The van der Waals surface area contributed by atoms with Crippen LogP contribution in [0.5, 0.6) is 0 Å². The van der Waals surface area contributed by atoms with Gasteiger partial charge in [0, 0.05) is 19.5 Å². The molecule has 7 nitrogen and oxygen atoms in total. The minimum atomic E-state index is -4.62. The van der Waals surface area contributed by atoms with Crippen LogP contribution >= 0.6 is 0 Å². The second-order valence-corrected chi connectivity index (χ2v) is 7.20. The minimum Gasteiger partial charge on any atom is -0.467 e. The first-order valence-corrected chi connectivity index (χ1v) is 9.74. The first kappa shape index (κ1) is 22.4. The van der Waals surface area contributed by atoms with Crippen LogP contribution in [-0.2, 0) is 27.1 Å². The standard InChI is InChI=1S/C21H22F3N3O4/c1-2-26(13-18(28)25-17-8-4-3-7-16(17)21(22,23)24)20(30)14-10-19(29)27(11-14)12-15-6-5-9-31-15/h3-9,14H,2,10-13H2,1H3,(H,25,28). The Hall–Kier alpha value is -3.30. The predicted molar refractivity (Wildman–Crippen MR) is 105 cm³/mol. The van der Waals surface area contributed by atoms with Gasteiger partial charge in [-0.25, -0.2) is 0 Å². The molecule has 1 aliphatic rings. The number of benzene rings is 1. The maximum absolute atomic E-state index is 13.1. The van der Waals surface area contributed by atoms with E-state index in [0.717, 1.165) is 12.1 Å². The summed E-state index contributed by atoms with van der Waals surface area (Å²) < 4.78 is 44.6. The molecule has 166 valence electrons. The van der Waals surface area contributed by atoms with Crippen LogP contribution in [0.15, 0.2) is 47.1 Å². The lowest BCUT2D eigenvalue weighted by Crippen LogP contribution is -2.42. The van der Waals surface area contributed by atoms with Crippen LogP contribution in [0.2, 0.25) is 0 Å². The highest BCUT2D eigenvalue weighted by molar-refractivity contribution is 5.96. The van der Waals surface area contributed by atoms with Gasteiger partial charge in [0.25, 0.3) is 0 Å². The van der Waals surface area contributed by atoms with Crippen molar-refractivity contribution in [2.45, 2.75) is 26.1 Å². The quantitative estimate of drug-likeness (QED) is 0.722. The fourth-order valence-corrected chi connectivity index (χ4v) is 3.49. The van der Waals surface area contributed by atoms with Crippen LogP contribution in [0, 0.1) is 5.92 Å². The van der Waals surface area contributed by atoms with E-state index in [1.165, 1.54) is 28.2 Å². The Bertz CT molecular complexity index is 944. The van der Waals surface area contributed by atoms with Crippen LogP contribution in [-0.4, -0.2) is 47.2 Å². The maximum atomic E-state index is 13.1. The van der Waals surface area contributed by atoms with Crippen molar-refractivity contribution in [3.05, 3.63) is 54.0 Å². The smallest absolute Gasteiger partial charge is 0.418 e. The molecule has 1 aromatic carbocycles. The number of carbonyl (C=O) groups is 3. The molecule has 0 aliphatic carbocycles. The van der Waals surface area contributed by atoms with E-state index in [-0.39, 0.29) is 37.6 Å². The fourth-order valence-electron chi connectivity index (χ4n) is 3.49. The van der Waals surface area contributed by atoms with E-state index in [0.29, 0.717) is 5.76 Å². The number of likely N-dealkylation sites (tertiary alicyclic amines) is 1. The highest BCUT2D eigenvalue weighted by Crippen LogP contribution is 2.34. The van der Waals surface area contributed by atoms with Crippen molar-refractivity contribution in [1.82, 2.24) is 9.80 Å². The van der Waals surface area contributed by atoms with Gasteiger partial charge < -0.3 is 19.5 Å². The summed E-state index contributed by atoms with van der Waals surface area (Å²) in [7, 11) is 0. The number of furan rings is 1. The van der Waals surface area contributed by atoms with Crippen molar-refractivity contribution in [2.24, 2.45) is 5.92 Å². The van der Waals surface area contributed by atoms with Gasteiger partial charge in [-0.05, 0) is 31.2 Å². The van der Waals surface area contributed by atoms with E-state index in [1.807, 2.05) is 0 Å². The summed E-state index contributed by atoms with van der Waals surface area (Å²) in [5.41, 5.74) is -1.34. The number of alkyl halides is 3. The lowest BCUT2D eigenvalue weighted by atomic mass is 10.1. The van der Waals surface area contributed by atoms with Crippen molar-refractivity contribution in [1.29, 1.82) is 0 Å². The number of para-hydroxylation sites is 1. The average Bonchev–Trinajstić information content (AvgIpc) is 3.35. The molecule has 1 saturated heterocycles. The van der Waals surface area contributed by atoms with Gasteiger partial charge in [-0.15, -0.1) is 0 Å². The lowest BCUT2D eigenvalue weighted by Gasteiger charge is -2.24. The third-order valence-electron chi connectivity index (χ3n) is 5.02. The van der Waals surface area contributed by atoms with E-state index in [1.54, 1.807) is 19.1 Å². The van der Waals surface area contributed by atoms with Gasteiger partial charge in [0.05, 0.1) is 36.5 Å². The summed E-state index contributed by atoms with van der Waals surface area (Å²) in [6.07, 6.45) is -3.12. The van der Waals surface area contributed by atoms with E-state index >= 15 is 0 Å². The molecular weight excluding hydrogens is 415 g/mol. The Kier molecular flexibility index (Phi) is 6.67. The highest BCUT2D eigenvalue weighted by atomic mass is 19.4. The third-order valence-corrected chi connectivity index (χ3v) is 5.02. The van der Waals surface area contributed by atoms with E-state index in [9.17, 15) is 27.6 Å². The fraction of sp³-hybridized carbons (Fsp3) is 0.381.